The van der Waals surface area contributed by atoms with Gasteiger partial charge in [0, 0.05) is 18.6 Å². The molecule has 0 aliphatic heterocycles. The van der Waals surface area contributed by atoms with Gasteiger partial charge < -0.3 is 15.8 Å². The van der Waals surface area contributed by atoms with Crippen molar-refractivity contribution in [2.45, 2.75) is 11.8 Å². The zero-order valence-corrected chi connectivity index (χ0v) is 17.7. The monoisotopic (exact) mass is 443 g/mol. The molecule has 0 saturated carbocycles. The number of nitrogen functional groups attached to an aromatic ring is 1. The number of hydrogen-bond donors (Lipinski definition) is 2. The van der Waals surface area contributed by atoms with Gasteiger partial charge in [0.2, 0.25) is 0 Å². The summed E-state index contributed by atoms with van der Waals surface area (Å²) in [6.45, 7) is 1.81. The van der Waals surface area contributed by atoms with Crippen molar-refractivity contribution in [1.82, 2.24) is 13.9 Å². The van der Waals surface area contributed by atoms with Crippen molar-refractivity contribution >= 4 is 44.2 Å². The second-order valence-corrected chi connectivity index (χ2v) is 8.71. The van der Waals surface area contributed by atoms with E-state index >= 15 is 0 Å². The van der Waals surface area contributed by atoms with Crippen molar-refractivity contribution in [2.75, 3.05) is 18.1 Å². The average Bonchev–Trinajstić information content (AvgIpc) is 3.08. The van der Waals surface area contributed by atoms with Crippen LogP contribution in [0.4, 0.5) is 11.5 Å². The van der Waals surface area contributed by atoms with Gasteiger partial charge in [-0.1, -0.05) is 29.8 Å². The third-order valence-electron chi connectivity index (χ3n) is 4.58. The van der Waals surface area contributed by atoms with Crippen LogP contribution in [0.5, 0.6) is 11.5 Å². The highest BCUT2D eigenvalue weighted by atomic mass is 35.5. The van der Waals surface area contributed by atoms with Gasteiger partial charge in [-0.2, -0.15) is 0 Å². The lowest BCUT2D eigenvalue weighted by Crippen LogP contribution is -2.12. The molecule has 8 nitrogen and oxygen atoms in total. The molecule has 0 atom stereocenters. The number of benzene rings is 1. The predicted octanol–water partition coefficient (Wildman–Crippen LogP) is 4.05. The Hall–Kier alpha value is -3.30. The molecule has 0 fully saturated rings. The molecule has 3 heterocycles. The largest absolute Gasteiger partial charge is 0.452 e. The van der Waals surface area contributed by atoms with Crippen LogP contribution in [0.3, 0.4) is 0 Å². The van der Waals surface area contributed by atoms with E-state index in [-0.39, 0.29) is 15.7 Å². The van der Waals surface area contributed by atoms with Gasteiger partial charge in [0.15, 0.2) is 11.4 Å². The van der Waals surface area contributed by atoms with E-state index < -0.39 is 10.0 Å². The number of nitrogens with one attached hydrogen (secondary N) is 1. The maximum Gasteiger partial charge on any atom is 0.269 e. The first kappa shape index (κ1) is 20.0. The number of aryl methyl sites for hydroxylation is 1. The van der Waals surface area contributed by atoms with Crippen molar-refractivity contribution < 1.29 is 13.2 Å². The summed E-state index contributed by atoms with van der Waals surface area (Å²) in [6, 6.07) is 9.91. The average molecular weight is 444 g/mol. The number of aromatic nitrogens is 3. The highest BCUT2D eigenvalue weighted by Gasteiger charge is 2.21. The Balaban J connectivity index is 1.76. The molecule has 154 valence electrons. The fourth-order valence-corrected chi connectivity index (χ4v) is 4.75. The normalized spacial score (nSPS) is 11.6. The van der Waals surface area contributed by atoms with Crippen LogP contribution in [0.25, 0.3) is 11.0 Å². The number of halogens is 1. The molecule has 10 heteroatoms. The summed E-state index contributed by atoms with van der Waals surface area (Å²) in [7, 11) is -2.10. The number of pyridine rings is 2. The summed E-state index contributed by atoms with van der Waals surface area (Å²) in [5, 5.41) is 3.80. The zero-order valence-electron chi connectivity index (χ0n) is 16.1. The third-order valence-corrected chi connectivity index (χ3v) is 6.62. The predicted molar refractivity (Wildman–Crippen MR) is 117 cm³/mol. The molecule has 0 aliphatic carbocycles. The SMILES string of the molecule is CNc1c(N)ncc(Oc2cnc3c(c2)c(C)cn3S(=O)(=O)c2ccccc2)c1Cl. The van der Waals surface area contributed by atoms with E-state index in [1.807, 2.05) is 6.92 Å². The third kappa shape index (κ3) is 3.31. The molecule has 3 N–H and O–H groups in total. The van der Waals surface area contributed by atoms with Gasteiger partial charge in [-0.3, -0.25) is 0 Å². The summed E-state index contributed by atoms with van der Waals surface area (Å²) in [5.41, 5.74) is 7.29. The second kappa shape index (κ2) is 7.51. The number of anilines is 2. The number of rotatable bonds is 5. The summed E-state index contributed by atoms with van der Waals surface area (Å²) >= 11 is 6.33. The molecule has 0 bridgehead atoms. The second-order valence-electron chi connectivity index (χ2n) is 6.52. The van der Waals surface area contributed by atoms with Gasteiger partial charge in [-0.05, 0) is 30.7 Å². The van der Waals surface area contributed by atoms with Crippen molar-refractivity contribution in [2.24, 2.45) is 0 Å². The van der Waals surface area contributed by atoms with Gasteiger partial charge in [-0.15, -0.1) is 0 Å². The van der Waals surface area contributed by atoms with Crippen LogP contribution in [-0.4, -0.2) is 29.4 Å². The number of hydrogen-bond acceptors (Lipinski definition) is 7. The van der Waals surface area contributed by atoms with Crippen LogP contribution < -0.4 is 15.8 Å². The van der Waals surface area contributed by atoms with Crippen molar-refractivity contribution in [1.29, 1.82) is 0 Å². The summed E-state index contributed by atoms with van der Waals surface area (Å²) in [5.74, 6) is 0.934. The summed E-state index contributed by atoms with van der Waals surface area (Å²) in [4.78, 5) is 8.58. The van der Waals surface area contributed by atoms with E-state index in [0.717, 1.165) is 5.56 Å². The maximum atomic E-state index is 13.0. The highest BCUT2D eigenvalue weighted by Crippen LogP contribution is 2.37. The Kier molecular flexibility index (Phi) is 5.00. The molecule has 0 saturated heterocycles. The number of nitrogens with zero attached hydrogens (tertiary/aromatic N) is 3. The van der Waals surface area contributed by atoms with E-state index in [2.05, 4.69) is 15.3 Å². The number of ether oxygens (including phenoxy) is 1. The van der Waals surface area contributed by atoms with Gasteiger partial charge in [0.25, 0.3) is 10.0 Å². The first-order valence-electron chi connectivity index (χ1n) is 8.91. The van der Waals surface area contributed by atoms with Crippen LogP contribution in [0.1, 0.15) is 5.56 Å². The molecular weight excluding hydrogens is 426 g/mol. The first-order valence-corrected chi connectivity index (χ1v) is 10.7. The van der Waals surface area contributed by atoms with E-state index in [0.29, 0.717) is 28.2 Å². The van der Waals surface area contributed by atoms with Crippen molar-refractivity contribution in [3.8, 4) is 11.5 Å². The maximum absolute atomic E-state index is 13.0. The lowest BCUT2D eigenvalue weighted by Gasteiger charge is -2.12. The Labute approximate surface area is 178 Å². The molecule has 4 rings (SSSR count). The summed E-state index contributed by atoms with van der Waals surface area (Å²) in [6.07, 6.45) is 4.39. The van der Waals surface area contributed by atoms with Crippen LogP contribution >= 0.6 is 11.6 Å². The van der Waals surface area contributed by atoms with E-state index in [4.69, 9.17) is 22.1 Å². The smallest absolute Gasteiger partial charge is 0.269 e. The Bertz CT molecular complexity index is 1350. The van der Waals surface area contributed by atoms with Crippen LogP contribution in [-0.2, 0) is 10.0 Å². The first-order chi connectivity index (χ1) is 14.3. The minimum atomic E-state index is -3.78. The molecule has 0 amide bonds. The van der Waals surface area contributed by atoms with Gasteiger partial charge in [0.05, 0.1) is 23.0 Å². The quantitative estimate of drug-likeness (QED) is 0.478. The molecule has 0 spiro atoms. The van der Waals surface area contributed by atoms with Gasteiger partial charge in [0.1, 0.15) is 16.6 Å². The van der Waals surface area contributed by atoms with Crippen molar-refractivity contribution in [3.63, 3.8) is 0 Å². The topological polar surface area (TPSA) is 112 Å². The Morgan fingerprint density at radius 3 is 2.60 bits per heavy atom. The fraction of sp³-hybridized carbons (Fsp3) is 0.100. The molecule has 4 aromatic rings. The fourth-order valence-electron chi connectivity index (χ4n) is 3.08. The molecule has 0 radical (unpaired) electrons. The van der Waals surface area contributed by atoms with Crippen LogP contribution in [0.2, 0.25) is 5.02 Å². The molecule has 1 aromatic carbocycles. The Morgan fingerprint density at radius 1 is 1.17 bits per heavy atom. The van der Waals surface area contributed by atoms with E-state index in [9.17, 15) is 8.42 Å². The molecular formula is C20H18ClN5O3S. The molecule has 30 heavy (non-hydrogen) atoms. The summed E-state index contributed by atoms with van der Waals surface area (Å²) < 4.78 is 33.1. The lowest BCUT2D eigenvalue weighted by atomic mass is 10.2. The molecule has 3 aromatic heterocycles. The minimum absolute atomic E-state index is 0.184. The zero-order chi connectivity index (χ0) is 21.5. The van der Waals surface area contributed by atoms with Gasteiger partial charge in [-0.25, -0.2) is 22.4 Å². The minimum Gasteiger partial charge on any atom is -0.452 e. The standard InChI is InChI=1S/C20H18ClN5O3S/c1-12-11-26(30(27,28)14-6-4-3-5-7-14)20-15(12)8-13(9-25-20)29-16-10-24-19(22)18(23-2)17(16)21/h3-11,23H,1-2H3,(H2,22,24). The van der Waals surface area contributed by atoms with Crippen LogP contribution in [0.15, 0.2) is 59.9 Å². The lowest BCUT2D eigenvalue weighted by molar-refractivity contribution is 0.479. The van der Waals surface area contributed by atoms with Gasteiger partial charge >= 0.3 is 0 Å². The molecule has 0 unspecified atom stereocenters. The van der Waals surface area contributed by atoms with Crippen LogP contribution in [0, 0.1) is 6.92 Å². The van der Waals surface area contributed by atoms with Crippen molar-refractivity contribution in [3.05, 3.63) is 65.6 Å². The highest BCUT2D eigenvalue weighted by molar-refractivity contribution is 7.90. The Morgan fingerprint density at radius 2 is 1.90 bits per heavy atom. The van der Waals surface area contributed by atoms with E-state index in [1.165, 1.54) is 16.4 Å². The molecule has 0 aliphatic rings. The number of nitrogens with two attached hydrogens (primary N) is 1. The number of fused-ring (bicyclic) bond motifs is 1. The van der Waals surface area contributed by atoms with E-state index in [1.54, 1.807) is 49.6 Å².